The summed E-state index contributed by atoms with van der Waals surface area (Å²) in [5, 5.41) is 2.23. The predicted molar refractivity (Wildman–Crippen MR) is 64.0 cm³/mol. The molecular formula is C12H13F2N3O2. The van der Waals surface area contributed by atoms with Crippen LogP contribution in [0.4, 0.5) is 14.5 Å². The highest BCUT2D eigenvalue weighted by atomic mass is 19.3. The molecule has 0 atom stereocenters. The molecule has 1 aliphatic rings. The molecule has 0 saturated heterocycles. The molecule has 1 heterocycles. The van der Waals surface area contributed by atoms with Crippen LogP contribution in [0.15, 0.2) is 12.3 Å². The van der Waals surface area contributed by atoms with E-state index in [1.165, 1.54) is 11.1 Å². The zero-order valence-electron chi connectivity index (χ0n) is 10.3. The average Bonchev–Trinajstić information content (AvgIpc) is 3.21. The molecule has 1 aromatic heterocycles. The number of alkyl halides is 2. The number of carbonyl (C=O) groups is 2. The highest BCUT2D eigenvalue weighted by Gasteiger charge is 2.32. The van der Waals surface area contributed by atoms with Gasteiger partial charge in [-0.1, -0.05) is 0 Å². The second-order valence-electron chi connectivity index (χ2n) is 4.37. The number of amides is 2. The fourth-order valence-corrected chi connectivity index (χ4v) is 1.77. The Hall–Kier alpha value is -2.05. The monoisotopic (exact) mass is 269 g/mol. The van der Waals surface area contributed by atoms with Crippen LogP contribution in [0, 0.1) is 0 Å². The number of carbonyl (C=O) groups excluding carboxylic acids is 2. The Morgan fingerprint density at radius 3 is 2.79 bits per heavy atom. The van der Waals surface area contributed by atoms with E-state index in [-0.39, 0.29) is 17.4 Å². The first-order chi connectivity index (χ1) is 9.04. The van der Waals surface area contributed by atoms with Crippen LogP contribution in [0.1, 0.15) is 35.3 Å². The van der Waals surface area contributed by atoms with Crippen molar-refractivity contribution >= 4 is 18.0 Å². The predicted octanol–water partition coefficient (Wildman–Crippen LogP) is 1.82. The van der Waals surface area contributed by atoms with Gasteiger partial charge in [0.1, 0.15) is 5.69 Å². The molecule has 0 aromatic carbocycles. The van der Waals surface area contributed by atoms with Gasteiger partial charge in [0.05, 0.1) is 17.4 Å². The minimum atomic E-state index is -2.83. The quantitative estimate of drug-likeness (QED) is 0.829. The van der Waals surface area contributed by atoms with Crippen LogP contribution in [-0.2, 0) is 4.79 Å². The van der Waals surface area contributed by atoms with E-state index in [9.17, 15) is 18.4 Å². The number of hydrogen-bond acceptors (Lipinski definition) is 3. The summed E-state index contributed by atoms with van der Waals surface area (Å²) in [6, 6.07) is 1.19. The number of pyridine rings is 1. The van der Waals surface area contributed by atoms with Crippen molar-refractivity contribution in [3.63, 3.8) is 0 Å². The highest BCUT2D eigenvalue weighted by molar-refractivity contribution is 5.94. The summed E-state index contributed by atoms with van der Waals surface area (Å²) in [7, 11) is 1.58. The van der Waals surface area contributed by atoms with Crippen molar-refractivity contribution in [2.45, 2.75) is 25.3 Å². The second-order valence-corrected chi connectivity index (χ2v) is 4.37. The van der Waals surface area contributed by atoms with Crippen LogP contribution >= 0.6 is 0 Å². The number of aromatic nitrogens is 1. The minimum absolute atomic E-state index is 0.118. The van der Waals surface area contributed by atoms with Crippen molar-refractivity contribution in [1.29, 1.82) is 0 Å². The van der Waals surface area contributed by atoms with Crippen molar-refractivity contribution in [3.05, 3.63) is 23.5 Å². The largest absolute Gasteiger partial charge is 0.337 e. The third kappa shape index (κ3) is 2.86. The third-order valence-corrected chi connectivity index (χ3v) is 3.00. The normalized spacial score (nSPS) is 14.3. The number of halogens is 2. The number of anilines is 1. The van der Waals surface area contributed by atoms with Crippen LogP contribution in [0.25, 0.3) is 0 Å². The Balaban J connectivity index is 2.32. The van der Waals surface area contributed by atoms with E-state index < -0.39 is 17.9 Å². The lowest BCUT2D eigenvalue weighted by Gasteiger charge is -2.17. The lowest BCUT2D eigenvalue weighted by Crippen LogP contribution is -2.30. The molecule has 1 N–H and O–H groups in total. The van der Waals surface area contributed by atoms with Crippen LogP contribution in [0.2, 0.25) is 0 Å². The summed E-state index contributed by atoms with van der Waals surface area (Å²) in [6.07, 6.45) is 0.499. The molecule has 0 spiro atoms. The van der Waals surface area contributed by atoms with Gasteiger partial charge in [-0.2, -0.15) is 0 Å². The van der Waals surface area contributed by atoms with Crippen molar-refractivity contribution in [2.75, 3.05) is 12.4 Å². The Morgan fingerprint density at radius 1 is 1.58 bits per heavy atom. The van der Waals surface area contributed by atoms with E-state index in [1.54, 1.807) is 7.05 Å². The molecule has 7 heteroatoms. The molecule has 0 radical (unpaired) electrons. The maximum atomic E-state index is 13.0. The zero-order chi connectivity index (χ0) is 14.0. The van der Waals surface area contributed by atoms with Crippen LogP contribution in [0.3, 0.4) is 0 Å². The van der Waals surface area contributed by atoms with Gasteiger partial charge in [-0.3, -0.25) is 9.59 Å². The lowest BCUT2D eigenvalue weighted by atomic mass is 10.1. The smallest absolute Gasteiger partial charge is 0.272 e. The zero-order valence-corrected chi connectivity index (χ0v) is 10.3. The minimum Gasteiger partial charge on any atom is -0.337 e. The number of nitrogens with one attached hydrogen (secondary N) is 1. The number of rotatable bonds is 5. The van der Waals surface area contributed by atoms with E-state index in [0.717, 1.165) is 18.9 Å². The second kappa shape index (κ2) is 5.29. The fraction of sp³-hybridized carbons (Fsp3) is 0.417. The summed E-state index contributed by atoms with van der Waals surface area (Å²) >= 11 is 0. The molecule has 0 bridgehead atoms. The van der Waals surface area contributed by atoms with E-state index in [2.05, 4.69) is 10.3 Å². The van der Waals surface area contributed by atoms with Crippen molar-refractivity contribution in [1.82, 2.24) is 9.88 Å². The Kier molecular flexibility index (Phi) is 3.73. The average molecular weight is 269 g/mol. The fourth-order valence-electron chi connectivity index (χ4n) is 1.77. The maximum Gasteiger partial charge on any atom is 0.272 e. The van der Waals surface area contributed by atoms with Crippen LogP contribution < -0.4 is 5.32 Å². The highest BCUT2D eigenvalue weighted by Crippen LogP contribution is 2.29. The standard InChI is InChI=1S/C12H13F2N3O2/c1-17(8-2-3-8)12(19)10-9(11(13)14)4-7(5-15-10)16-6-18/h4-6,8,11H,2-3H2,1H3,(H,16,18). The van der Waals surface area contributed by atoms with Crippen molar-refractivity contribution < 1.29 is 18.4 Å². The molecule has 0 unspecified atom stereocenters. The van der Waals surface area contributed by atoms with Gasteiger partial charge in [0.15, 0.2) is 0 Å². The first kappa shape index (κ1) is 13.4. The molecule has 2 amide bonds. The molecule has 0 aliphatic heterocycles. The van der Waals surface area contributed by atoms with Crippen molar-refractivity contribution in [3.8, 4) is 0 Å². The molecule has 1 aromatic rings. The molecule has 5 nitrogen and oxygen atoms in total. The lowest BCUT2D eigenvalue weighted by molar-refractivity contribution is -0.105. The summed E-state index contributed by atoms with van der Waals surface area (Å²) in [6.45, 7) is 0. The summed E-state index contributed by atoms with van der Waals surface area (Å²) in [5.74, 6) is -0.518. The van der Waals surface area contributed by atoms with Gasteiger partial charge < -0.3 is 10.2 Å². The molecule has 2 rings (SSSR count). The number of nitrogens with zero attached hydrogens (tertiary/aromatic N) is 2. The van der Waals surface area contributed by atoms with Crippen LogP contribution in [0.5, 0.6) is 0 Å². The molecule has 1 fully saturated rings. The van der Waals surface area contributed by atoms with E-state index in [1.807, 2.05) is 0 Å². The van der Waals surface area contributed by atoms with E-state index >= 15 is 0 Å². The number of hydrogen-bond donors (Lipinski definition) is 1. The van der Waals surface area contributed by atoms with Gasteiger partial charge in [0.2, 0.25) is 6.41 Å². The Bertz CT molecular complexity index is 504. The van der Waals surface area contributed by atoms with Crippen molar-refractivity contribution in [2.24, 2.45) is 0 Å². The molecular weight excluding hydrogens is 256 g/mol. The van der Waals surface area contributed by atoms with Gasteiger partial charge in [0, 0.05) is 13.1 Å². The Labute approximate surface area is 108 Å². The van der Waals surface area contributed by atoms with Gasteiger partial charge in [-0.15, -0.1) is 0 Å². The summed E-state index contributed by atoms with van der Waals surface area (Å²) in [4.78, 5) is 27.5. The third-order valence-electron chi connectivity index (χ3n) is 3.00. The molecule has 1 saturated carbocycles. The van der Waals surface area contributed by atoms with Gasteiger partial charge >= 0.3 is 0 Å². The van der Waals surface area contributed by atoms with Gasteiger partial charge in [-0.25, -0.2) is 13.8 Å². The summed E-state index contributed by atoms with van der Waals surface area (Å²) in [5.41, 5.74) is -0.596. The first-order valence-electron chi connectivity index (χ1n) is 5.80. The SMILES string of the molecule is CN(C(=O)c1ncc(NC=O)cc1C(F)F)C1CC1. The maximum absolute atomic E-state index is 13.0. The van der Waals surface area contributed by atoms with E-state index in [4.69, 9.17) is 0 Å². The molecule has 102 valence electrons. The van der Waals surface area contributed by atoms with Gasteiger partial charge in [-0.05, 0) is 18.9 Å². The van der Waals surface area contributed by atoms with E-state index in [0.29, 0.717) is 6.41 Å². The van der Waals surface area contributed by atoms with Gasteiger partial charge in [0.25, 0.3) is 12.3 Å². The molecule has 19 heavy (non-hydrogen) atoms. The Morgan fingerprint density at radius 2 is 2.26 bits per heavy atom. The first-order valence-corrected chi connectivity index (χ1v) is 5.80. The van der Waals surface area contributed by atoms with Crippen LogP contribution in [-0.4, -0.2) is 35.3 Å². The molecule has 1 aliphatic carbocycles. The topological polar surface area (TPSA) is 62.3 Å². The summed E-state index contributed by atoms with van der Waals surface area (Å²) < 4.78 is 25.9.